The molecular weight excluding hydrogens is 402 g/mol. The standard InChI is InChI=1S/C12H5Cl3F3NO3S/c13-8-4-7(1-2-10(8)23(15,20)21)22-11-9(14)3-6(5-19-11)12(16,17)18/h1-5H. The molecule has 0 bridgehead atoms. The number of hydrogen-bond donors (Lipinski definition) is 0. The Kier molecular flexibility index (Phi) is 5.00. The first-order valence-corrected chi connectivity index (χ1v) is 8.70. The number of alkyl halides is 3. The molecule has 0 unspecified atom stereocenters. The van der Waals surface area contributed by atoms with Crippen LogP contribution in [0.3, 0.4) is 0 Å². The Labute approximate surface area is 143 Å². The van der Waals surface area contributed by atoms with E-state index in [2.05, 4.69) is 4.98 Å². The number of ether oxygens (including phenoxy) is 1. The highest BCUT2D eigenvalue weighted by atomic mass is 35.7. The number of aromatic nitrogens is 1. The molecule has 2 aromatic rings. The van der Waals surface area contributed by atoms with Crippen LogP contribution in [0.4, 0.5) is 13.2 Å². The fourth-order valence-electron chi connectivity index (χ4n) is 1.51. The Morgan fingerprint density at radius 3 is 2.22 bits per heavy atom. The molecule has 1 aromatic heterocycles. The minimum atomic E-state index is -4.59. The number of pyridine rings is 1. The van der Waals surface area contributed by atoms with Gasteiger partial charge in [-0.25, -0.2) is 13.4 Å². The maximum absolute atomic E-state index is 12.5. The summed E-state index contributed by atoms with van der Waals surface area (Å²) < 4.78 is 65.1. The normalized spacial score (nSPS) is 12.3. The van der Waals surface area contributed by atoms with Crippen LogP contribution in [0.15, 0.2) is 35.4 Å². The molecule has 0 amide bonds. The third-order valence-electron chi connectivity index (χ3n) is 2.52. The van der Waals surface area contributed by atoms with Crippen molar-refractivity contribution in [3.05, 3.63) is 46.1 Å². The molecule has 1 heterocycles. The number of benzene rings is 1. The van der Waals surface area contributed by atoms with E-state index in [4.69, 9.17) is 38.6 Å². The van der Waals surface area contributed by atoms with Gasteiger partial charge < -0.3 is 4.74 Å². The van der Waals surface area contributed by atoms with Crippen LogP contribution in [-0.2, 0) is 15.2 Å². The predicted molar refractivity (Wildman–Crippen MR) is 78.8 cm³/mol. The lowest BCUT2D eigenvalue weighted by Gasteiger charge is -2.10. The first-order valence-electron chi connectivity index (χ1n) is 5.63. The summed E-state index contributed by atoms with van der Waals surface area (Å²) in [4.78, 5) is 3.15. The zero-order valence-electron chi connectivity index (χ0n) is 10.7. The third-order valence-corrected chi connectivity index (χ3v) is 4.59. The first-order chi connectivity index (χ1) is 10.5. The van der Waals surface area contributed by atoms with Gasteiger partial charge in [0.15, 0.2) is 0 Å². The van der Waals surface area contributed by atoms with Gasteiger partial charge in [-0.2, -0.15) is 13.2 Å². The number of nitrogens with zero attached hydrogens (tertiary/aromatic N) is 1. The van der Waals surface area contributed by atoms with Crippen LogP contribution in [0.1, 0.15) is 5.56 Å². The topological polar surface area (TPSA) is 56.3 Å². The molecule has 2 rings (SSSR count). The lowest BCUT2D eigenvalue weighted by atomic mass is 10.3. The summed E-state index contributed by atoms with van der Waals surface area (Å²) in [6.07, 6.45) is -4.03. The van der Waals surface area contributed by atoms with E-state index in [1.54, 1.807) is 0 Å². The van der Waals surface area contributed by atoms with Gasteiger partial charge >= 0.3 is 6.18 Å². The van der Waals surface area contributed by atoms with Gasteiger partial charge in [0.1, 0.15) is 15.7 Å². The van der Waals surface area contributed by atoms with Crippen molar-refractivity contribution in [2.75, 3.05) is 0 Å². The first kappa shape index (κ1) is 18.1. The molecule has 1 aromatic carbocycles. The Morgan fingerprint density at radius 2 is 1.74 bits per heavy atom. The molecule has 0 aliphatic rings. The minimum absolute atomic E-state index is 0.0215. The second kappa shape index (κ2) is 6.35. The average Bonchev–Trinajstić information content (AvgIpc) is 2.38. The molecule has 0 N–H and O–H groups in total. The second-order valence-corrected chi connectivity index (χ2v) is 7.49. The molecule has 0 aliphatic carbocycles. The highest BCUT2D eigenvalue weighted by molar-refractivity contribution is 8.13. The second-order valence-electron chi connectivity index (χ2n) is 4.14. The summed E-state index contributed by atoms with van der Waals surface area (Å²) in [5.74, 6) is -0.273. The van der Waals surface area contributed by atoms with E-state index in [0.29, 0.717) is 12.3 Å². The van der Waals surface area contributed by atoms with Gasteiger partial charge in [-0.1, -0.05) is 23.2 Å². The Balaban J connectivity index is 2.32. The van der Waals surface area contributed by atoms with E-state index in [-0.39, 0.29) is 26.6 Å². The zero-order valence-corrected chi connectivity index (χ0v) is 13.8. The van der Waals surface area contributed by atoms with Crippen LogP contribution in [0.5, 0.6) is 11.6 Å². The quantitative estimate of drug-likeness (QED) is 0.663. The van der Waals surface area contributed by atoms with E-state index >= 15 is 0 Å². The molecule has 0 spiro atoms. The number of halogens is 6. The summed E-state index contributed by atoms with van der Waals surface area (Å²) in [5, 5.41) is -0.592. The maximum Gasteiger partial charge on any atom is 0.417 e. The van der Waals surface area contributed by atoms with Crippen molar-refractivity contribution in [1.29, 1.82) is 0 Å². The van der Waals surface area contributed by atoms with Gasteiger partial charge in [-0.3, -0.25) is 0 Å². The third kappa shape index (κ3) is 4.41. The van der Waals surface area contributed by atoms with Crippen molar-refractivity contribution in [3.63, 3.8) is 0 Å². The SMILES string of the molecule is O=S(=O)(Cl)c1ccc(Oc2ncc(C(F)(F)F)cc2Cl)cc1Cl. The van der Waals surface area contributed by atoms with Crippen molar-refractivity contribution >= 4 is 42.9 Å². The van der Waals surface area contributed by atoms with Gasteiger partial charge in [0, 0.05) is 22.9 Å². The van der Waals surface area contributed by atoms with E-state index in [0.717, 1.165) is 12.1 Å². The van der Waals surface area contributed by atoms with Gasteiger partial charge in [0.05, 0.1) is 10.6 Å². The molecule has 0 aliphatic heterocycles. The molecule has 0 fully saturated rings. The van der Waals surface area contributed by atoms with E-state index in [9.17, 15) is 21.6 Å². The Bertz CT molecular complexity index is 856. The summed E-state index contributed by atoms with van der Waals surface area (Å²) in [7, 11) is 1.13. The highest BCUT2D eigenvalue weighted by Crippen LogP contribution is 2.36. The zero-order chi connectivity index (χ0) is 17.4. The van der Waals surface area contributed by atoms with Crippen molar-refractivity contribution in [2.24, 2.45) is 0 Å². The molecule has 0 saturated carbocycles. The monoisotopic (exact) mass is 405 g/mol. The smallest absolute Gasteiger partial charge is 0.417 e. The maximum atomic E-state index is 12.5. The molecule has 124 valence electrons. The van der Waals surface area contributed by atoms with E-state index in [1.807, 2.05) is 0 Å². The molecule has 23 heavy (non-hydrogen) atoms. The van der Waals surface area contributed by atoms with Gasteiger partial charge in [0.2, 0.25) is 5.88 Å². The predicted octanol–water partition coefficient (Wildman–Crippen LogP) is 5.13. The van der Waals surface area contributed by atoms with Gasteiger partial charge in [-0.05, 0) is 18.2 Å². The lowest BCUT2D eigenvalue weighted by Crippen LogP contribution is -2.05. The number of hydrogen-bond acceptors (Lipinski definition) is 4. The van der Waals surface area contributed by atoms with Crippen molar-refractivity contribution < 1.29 is 26.3 Å². The van der Waals surface area contributed by atoms with Crippen LogP contribution in [0.2, 0.25) is 10.0 Å². The summed E-state index contributed by atoms with van der Waals surface area (Å²) in [5.41, 5.74) is -1.03. The summed E-state index contributed by atoms with van der Waals surface area (Å²) in [6, 6.07) is 4.06. The van der Waals surface area contributed by atoms with Crippen LogP contribution in [0.25, 0.3) is 0 Å². The van der Waals surface area contributed by atoms with Gasteiger partial charge in [0.25, 0.3) is 9.05 Å². The fraction of sp³-hybridized carbons (Fsp3) is 0.0833. The molecular formula is C12H5Cl3F3NO3S. The van der Waals surface area contributed by atoms with Crippen LogP contribution in [0, 0.1) is 0 Å². The Morgan fingerprint density at radius 1 is 1.09 bits per heavy atom. The van der Waals surface area contributed by atoms with Crippen molar-refractivity contribution in [1.82, 2.24) is 4.98 Å². The van der Waals surface area contributed by atoms with Crippen molar-refractivity contribution in [3.8, 4) is 11.6 Å². The van der Waals surface area contributed by atoms with E-state index in [1.165, 1.54) is 6.07 Å². The number of rotatable bonds is 3. The molecule has 11 heteroatoms. The molecule has 0 atom stereocenters. The average molecular weight is 407 g/mol. The van der Waals surface area contributed by atoms with E-state index < -0.39 is 20.8 Å². The largest absolute Gasteiger partial charge is 0.437 e. The minimum Gasteiger partial charge on any atom is -0.437 e. The summed E-state index contributed by atoms with van der Waals surface area (Å²) >= 11 is 11.5. The Hall–Kier alpha value is -1.22. The highest BCUT2D eigenvalue weighted by Gasteiger charge is 2.31. The van der Waals surface area contributed by atoms with Crippen LogP contribution >= 0.6 is 33.9 Å². The lowest BCUT2D eigenvalue weighted by molar-refractivity contribution is -0.137. The van der Waals surface area contributed by atoms with Crippen LogP contribution in [-0.4, -0.2) is 13.4 Å². The molecule has 0 radical (unpaired) electrons. The fourth-order valence-corrected chi connectivity index (χ4v) is 3.23. The summed E-state index contributed by atoms with van der Waals surface area (Å²) in [6.45, 7) is 0. The van der Waals surface area contributed by atoms with Crippen LogP contribution < -0.4 is 4.74 Å². The van der Waals surface area contributed by atoms with Crippen molar-refractivity contribution in [2.45, 2.75) is 11.1 Å². The molecule has 0 saturated heterocycles. The molecule has 4 nitrogen and oxygen atoms in total. The van der Waals surface area contributed by atoms with Gasteiger partial charge in [-0.15, -0.1) is 0 Å².